The second kappa shape index (κ2) is 11.0. The molecule has 0 radical (unpaired) electrons. The number of para-hydroxylation sites is 1. The van der Waals surface area contributed by atoms with Crippen LogP contribution < -0.4 is 20.3 Å². The molecule has 1 saturated carbocycles. The fourth-order valence-electron chi connectivity index (χ4n) is 4.24. The summed E-state index contributed by atoms with van der Waals surface area (Å²) in [7, 11) is 3.91. The van der Waals surface area contributed by atoms with Crippen LogP contribution in [0.5, 0.6) is 11.5 Å². The molecule has 3 N–H and O–H groups in total. The molecule has 1 fully saturated rings. The van der Waals surface area contributed by atoms with Gasteiger partial charge in [0.2, 0.25) is 5.95 Å². The van der Waals surface area contributed by atoms with Gasteiger partial charge in [-0.25, -0.2) is 4.98 Å². The first-order chi connectivity index (χ1) is 16.2. The van der Waals surface area contributed by atoms with Gasteiger partial charge in [0.25, 0.3) is 0 Å². The molecule has 190 valence electrons. The second-order valence-corrected chi connectivity index (χ2v) is 8.69. The summed E-state index contributed by atoms with van der Waals surface area (Å²) >= 11 is 0. The maximum absolute atomic E-state index is 12.5. The van der Waals surface area contributed by atoms with Gasteiger partial charge in [-0.05, 0) is 56.0 Å². The smallest absolute Gasteiger partial charge is 0.508 e. The van der Waals surface area contributed by atoms with E-state index in [1.807, 2.05) is 43.3 Å². The highest BCUT2D eigenvalue weighted by atomic mass is 19.4. The molecule has 0 saturated heterocycles. The van der Waals surface area contributed by atoms with Crippen molar-refractivity contribution in [2.45, 2.75) is 58.1 Å². The summed E-state index contributed by atoms with van der Waals surface area (Å²) in [5, 5.41) is 17.8. The second-order valence-electron chi connectivity index (χ2n) is 8.69. The van der Waals surface area contributed by atoms with E-state index in [0.29, 0.717) is 11.5 Å². The van der Waals surface area contributed by atoms with E-state index in [0.717, 1.165) is 48.5 Å². The third-order valence-electron chi connectivity index (χ3n) is 5.93. The number of hydrogen-bond acceptors (Lipinski definition) is 7. The lowest BCUT2D eigenvalue weighted by Gasteiger charge is -2.30. The summed E-state index contributed by atoms with van der Waals surface area (Å²) in [6.07, 6.45) is -1.21. The molecular weight excluding hydrogens is 459 g/mol. The normalized spacial score (nSPS) is 18.1. The molecule has 7 nitrogen and oxygen atoms in total. The molecule has 35 heavy (non-hydrogen) atoms. The van der Waals surface area contributed by atoms with Crippen molar-refractivity contribution < 1.29 is 23.0 Å². The molecule has 2 aromatic carbocycles. The highest BCUT2D eigenvalue weighted by Crippen LogP contribution is 2.29. The Morgan fingerprint density at radius 1 is 1.03 bits per heavy atom. The summed E-state index contributed by atoms with van der Waals surface area (Å²) in [6, 6.07) is 11.9. The Hall–Kier alpha value is -3.27. The molecule has 0 unspecified atom stereocenters. The Morgan fingerprint density at radius 3 is 2.40 bits per heavy atom. The maximum atomic E-state index is 12.5. The van der Waals surface area contributed by atoms with Gasteiger partial charge in [0, 0.05) is 43.7 Å². The molecule has 10 heteroatoms. The van der Waals surface area contributed by atoms with Crippen molar-refractivity contribution in [3.8, 4) is 11.5 Å². The number of halogens is 3. The minimum absolute atomic E-state index is 0. The average Bonchev–Trinajstić information content (AvgIpc) is 2.79. The Labute approximate surface area is 203 Å². The van der Waals surface area contributed by atoms with E-state index < -0.39 is 6.36 Å². The van der Waals surface area contributed by atoms with E-state index >= 15 is 0 Å². The van der Waals surface area contributed by atoms with Gasteiger partial charge >= 0.3 is 6.36 Å². The predicted molar refractivity (Wildman–Crippen MR) is 132 cm³/mol. The van der Waals surface area contributed by atoms with Crippen LogP contribution in [0.3, 0.4) is 0 Å². The summed E-state index contributed by atoms with van der Waals surface area (Å²) in [6.45, 7) is 0.254. The number of benzene rings is 2. The summed E-state index contributed by atoms with van der Waals surface area (Å²) < 4.78 is 41.3. The number of hydrogen-bond donors (Lipinski definition) is 3. The molecule has 3 aromatic rings. The first-order valence-corrected chi connectivity index (χ1v) is 11.2. The van der Waals surface area contributed by atoms with Crippen LogP contribution in [0.1, 0.15) is 38.7 Å². The molecule has 1 aliphatic carbocycles. The molecule has 1 aliphatic rings. The minimum Gasteiger partial charge on any atom is -0.508 e. The molecule has 0 aliphatic heterocycles. The lowest BCUT2D eigenvalue weighted by atomic mass is 9.91. The summed E-state index contributed by atoms with van der Waals surface area (Å²) in [5.74, 6) is 1.05. The third kappa shape index (κ3) is 6.88. The van der Waals surface area contributed by atoms with Crippen molar-refractivity contribution in [3.63, 3.8) is 0 Å². The van der Waals surface area contributed by atoms with Crippen LogP contribution in [0.4, 0.5) is 24.9 Å². The Balaban J connectivity index is 0.00000342. The van der Waals surface area contributed by atoms with Crippen molar-refractivity contribution in [1.29, 1.82) is 0 Å². The molecular formula is C25H32F3N5O2. The number of phenols is 1. The molecule has 0 atom stereocenters. The first kappa shape index (κ1) is 26.3. The van der Waals surface area contributed by atoms with Gasteiger partial charge in [0.15, 0.2) is 0 Å². The number of rotatable bonds is 7. The van der Waals surface area contributed by atoms with Crippen molar-refractivity contribution in [1.82, 2.24) is 15.3 Å². The van der Waals surface area contributed by atoms with Crippen molar-refractivity contribution in [2.75, 3.05) is 24.3 Å². The number of anilines is 2. The van der Waals surface area contributed by atoms with Crippen LogP contribution in [0.25, 0.3) is 10.9 Å². The number of aromatic hydroxyl groups is 1. The van der Waals surface area contributed by atoms with Crippen molar-refractivity contribution >= 4 is 22.7 Å². The number of alkyl halides is 3. The van der Waals surface area contributed by atoms with E-state index in [-0.39, 0.29) is 37.6 Å². The van der Waals surface area contributed by atoms with Crippen LogP contribution in [0, 0.1) is 0 Å². The van der Waals surface area contributed by atoms with E-state index in [2.05, 4.69) is 20.4 Å². The summed E-state index contributed by atoms with van der Waals surface area (Å²) in [5.41, 5.74) is 1.25. The predicted octanol–water partition coefficient (Wildman–Crippen LogP) is 5.45. The van der Waals surface area contributed by atoms with Crippen LogP contribution in [-0.4, -0.2) is 47.6 Å². The fraction of sp³-hybridized carbons (Fsp3) is 0.440. The summed E-state index contributed by atoms with van der Waals surface area (Å²) in [4.78, 5) is 11.3. The highest BCUT2D eigenvalue weighted by molar-refractivity contribution is 5.90. The lowest BCUT2D eigenvalue weighted by Crippen LogP contribution is -2.37. The highest BCUT2D eigenvalue weighted by Gasteiger charge is 2.31. The Morgan fingerprint density at radius 2 is 1.71 bits per heavy atom. The minimum atomic E-state index is -4.77. The van der Waals surface area contributed by atoms with Gasteiger partial charge in [0.05, 0.1) is 5.52 Å². The van der Waals surface area contributed by atoms with E-state index in [1.54, 1.807) is 0 Å². The molecule has 0 bridgehead atoms. The number of ether oxygens (including phenoxy) is 1. The van der Waals surface area contributed by atoms with Gasteiger partial charge in [-0.1, -0.05) is 19.6 Å². The molecule has 0 spiro atoms. The quantitative estimate of drug-likeness (QED) is 0.405. The number of aromatic nitrogens is 2. The molecule has 4 rings (SSSR count). The number of nitrogens with one attached hydrogen (secondary N) is 2. The zero-order valence-electron chi connectivity index (χ0n) is 19.1. The zero-order chi connectivity index (χ0) is 24.3. The van der Waals surface area contributed by atoms with Crippen LogP contribution >= 0.6 is 0 Å². The number of phenolic OH excluding ortho intramolecular Hbond substituents is 1. The molecule has 0 amide bonds. The van der Waals surface area contributed by atoms with Crippen molar-refractivity contribution in [2.24, 2.45) is 0 Å². The van der Waals surface area contributed by atoms with Crippen LogP contribution in [-0.2, 0) is 6.54 Å². The largest absolute Gasteiger partial charge is 0.573 e. The number of fused-ring (bicyclic) bond motifs is 1. The maximum Gasteiger partial charge on any atom is 0.573 e. The SMILES string of the molecule is C.CN(C)c1nc(NC2CCC(NCc3cc(OC(F)(F)F)ccc3O)CC2)nc2ccccc12. The van der Waals surface area contributed by atoms with E-state index in [1.165, 1.54) is 12.1 Å². The topological polar surface area (TPSA) is 82.5 Å². The van der Waals surface area contributed by atoms with E-state index in [4.69, 9.17) is 4.98 Å². The fourth-order valence-corrected chi connectivity index (χ4v) is 4.24. The van der Waals surface area contributed by atoms with Gasteiger partial charge in [0.1, 0.15) is 17.3 Å². The van der Waals surface area contributed by atoms with Gasteiger partial charge in [-0.2, -0.15) is 4.98 Å². The van der Waals surface area contributed by atoms with Gasteiger partial charge < -0.3 is 25.4 Å². The number of nitrogens with zero attached hydrogens (tertiary/aromatic N) is 3. The monoisotopic (exact) mass is 491 g/mol. The zero-order valence-corrected chi connectivity index (χ0v) is 19.1. The molecule has 1 aromatic heterocycles. The average molecular weight is 492 g/mol. The van der Waals surface area contributed by atoms with Crippen LogP contribution in [0.2, 0.25) is 0 Å². The van der Waals surface area contributed by atoms with Gasteiger partial charge in [-0.15, -0.1) is 13.2 Å². The van der Waals surface area contributed by atoms with Crippen molar-refractivity contribution in [3.05, 3.63) is 48.0 Å². The molecule has 1 heterocycles. The third-order valence-corrected chi connectivity index (χ3v) is 5.93. The van der Waals surface area contributed by atoms with E-state index in [9.17, 15) is 18.3 Å². The Bertz CT molecular complexity index is 1130. The first-order valence-electron chi connectivity index (χ1n) is 11.2. The lowest BCUT2D eigenvalue weighted by molar-refractivity contribution is -0.274. The van der Waals surface area contributed by atoms with Crippen LogP contribution in [0.15, 0.2) is 42.5 Å². The standard InChI is InChI=1S/C24H28F3N5O2.CH4/c1-32(2)22-19-5-3-4-6-20(19)30-23(31-22)29-17-9-7-16(8-10-17)28-14-15-13-18(11-12-21(15)33)34-24(25,26)27;/h3-6,11-13,16-17,28,33H,7-10,14H2,1-2H3,(H,29,30,31);1H4. The van der Waals surface area contributed by atoms with Gasteiger partial charge in [-0.3, -0.25) is 0 Å². The Kier molecular flexibility index (Phi) is 8.26.